The van der Waals surface area contributed by atoms with E-state index < -0.39 is 0 Å². The highest BCUT2D eigenvalue weighted by atomic mass is 35.5. The Balaban J connectivity index is 2.18. The predicted molar refractivity (Wildman–Crippen MR) is 62.9 cm³/mol. The molecule has 82 valence electrons. The Morgan fingerprint density at radius 2 is 2.19 bits per heavy atom. The molecule has 1 aromatic carbocycles. The highest BCUT2D eigenvalue weighted by Crippen LogP contribution is 2.23. The number of amides is 1. The normalized spacial score (nSPS) is 10.1. The van der Waals surface area contributed by atoms with Gasteiger partial charge in [0, 0.05) is 0 Å². The van der Waals surface area contributed by atoms with Crippen LogP contribution in [-0.4, -0.2) is 5.91 Å². The summed E-state index contributed by atoms with van der Waals surface area (Å²) < 4.78 is 4.98. The minimum atomic E-state index is -0.309. The number of carbonyl (C=O) groups excluding carboxylic acids is 1. The zero-order chi connectivity index (χ0) is 11.5. The largest absolute Gasteiger partial charge is 0.459 e. The van der Waals surface area contributed by atoms with Crippen LogP contribution in [0.1, 0.15) is 16.1 Å². The van der Waals surface area contributed by atoms with E-state index in [0.717, 1.165) is 5.56 Å². The first-order valence-electron chi connectivity index (χ1n) is 4.78. The number of hydrogen-bond donors (Lipinski definition) is 1. The second-order valence-corrected chi connectivity index (χ2v) is 3.82. The van der Waals surface area contributed by atoms with Crippen LogP contribution in [0, 0.1) is 6.92 Å². The van der Waals surface area contributed by atoms with Crippen LogP contribution >= 0.6 is 11.6 Å². The average molecular weight is 236 g/mol. The van der Waals surface area contributed by atoms with Crippen LogP contribution in [0.25, 0.3) is 0 Å². The topological polar surface area (TPSA) is 42.2 Å². The Labute approximate surface area is 98.0 Å². The molecule has 1 aromatic heterocycles. The lowest BCUT2D eigenvalue weighted by Crippen LogP contribution is -2.11. The van der Waals surface area contributed by atoms with Crippen LogP contribution in [-0.2, 0) is 0 Å². The molecule has 0 saturated heterocycles. The summed E-state index contributed by atoms with van der Waals surface area (Å²) in [5, 5.41) is 3.19. The lowest BCUT2D eigenvalue weighted by molar-refractivity contribution is 0.0996. The molecule has 1 N–H and O–H groups in total. The van der Waals surface area contributed by atoms with Crippen molar-refractivity contribution in [3.63, 3.8) is 0 Å². The van der Waals surface area contributed by atoms with E-state index in [1.165, 1.54) is 6.26 Å². The number of halogens is 1. The van der Waals surface area contributed by atoms with Gasteiger partial charge < -0.3 is 9.73 Å². The standard InChI is InChI=1S/C12H10ClNO2/c1-8-4-5-10(9(13)7-8)14-12(15)11-3-2-6-16-11/h2-7H,1H3,(H,14,15). The molecule has 4 heteroatoms. The number of nitrogens with one attached hydrogen (secondary N) is 1. The molecule has 16 heavy (non-hydrogen) atoms. The molecule has 0 bridgehead atoms. The van der Waals surface area contributed by atoms with Gasteiger partial charge in [-0.3, -0.25) is 4.79 Å². The van der Waals surface area contributed by atoms with E-state index in [9.17, 15) is 4.79 Å². The van der Waals surface area contributed by atoms with E-state index in [4.69, 9.17) is 16.0 Å². The van der Waals surface area contributed by atoms with Crippen molar-refractivity contribution in [3.8, 4) is 0 Å². The number of furan rings is 1. The summed E-state index contributed by atoms with van der Waals surface area (Å²) in [4.78, 5) is 11.6. The summed E-state index contributed by atoms with van der Waals surface area (Å²) in [5.41, 5.74) is 1.62. The molecule has 2 aromatic rings. The third kappa shape index (κ3) is 2.25. The van der Waals surface area contributed by atoms with Crippen molar-refractivity contribution < 1.29 is 9.21 Å². The third-order valence-electron chi connectivity index (χ3n) is 2.12. The Morgan fingerprint density at radius 1 is 1.38 bits per heavy atom. The number of carbonyl (C=O) groups is 1. The summed E-state index contributed by atoms with van der Waals surface area (Å²) in [6.45, 7) is 1.93. The maximum absolute atomic E-state index is 11.6. The molecule has 0 aliphatic heterocycles. The predicted octanol–water partition coefficient (Wildman–Crippen LogP) is 3.49. The molecule has 2 rings (SSSR count). The van der Waals surface area contributed by atoms with Crippen molar-refractivity contribution in [2.75, 3.05) is 5.32 Å². The summed E-state index contributed by atoms with van der Waals surface area (Å²) in [6, 6.07) is 8.69. The van der Waals surface area contributed by atoms with E-state index in [0.29, 0.717) is 10.7 Å². The zero-order valence-corrected chi connectivity index (χ0v) is 9.41. The fourth-order valence-electron chi connectivity index (χ4n) is 1.31. The first kappa shape index (κ1) is 10.8. The molecular formula is C12H10ClNO2. The molecule has 0 unspecified atom stereocenters. The molecule has 0 aliphatic rings. The maximum atomic E-state index is 11.6. The van der Waals surface area contributed by atoms with Gasteiger partial charge in [-0.25, -0.2) is 0 Å². The molecule has 0 spiro atoms. The van der Waals surface area contributed by atoms with Crippen molar-refractivity contribution in [1.82, 2.24) is 0 Å². The average Bonchev–Trinajstić information content (AvgIpc) is 2.75. The molecular weight excluding hydrogens is 226 g/mol. The molecule has 0 fully saturated rings. The smallest absolute Gasteiger partial charge is 0.291 e. The second-order valence-electron chi connectivity index (χ2n) is 3.41. The molecule has 0 saturated carbocycles. The Bertz CT molecular complexity index is 506. The summed E-state index contributed by atoms with van der Waals surface area (Å²) in [6.07, 6.45) is 1.45. The summed E-state index contributed by atoms with van der Waals surface area (Å²) in [5.74, 6) is -0.0487. The van der Waals surface area contributed by atoms with Crippen LogP contribution in [0.5, 0.6) is 0 Å². The second kappa shape index (κ2) is 4.41. The number of benzene rings is 1. The molecule has 0 radical (unpaired) electrons. The number of aryl methyl sites for hydroxylation is 1. The minimum Gasteiger partial charge on any atom is -0.459 e. The SMILES string of the molecule is Cc1ccc(NC(=O)c2ccco2)c(Cl)c1. The first-order valence-corrected chi connectivity index (χ1v) is 5.15. The number of anilines is 1. The van der Waals surface area contributed by atoms with Crippen LogP contribution < -0.4 is 5.32 Å². The van der Waals surface area contributed by atoms with Crippen molar-refractivity contribution >= 4 is 23.2 Å². The Morgan fingerprint density at radius 3 is 2.81 bits per heavy atom. The summed E-state index contributed by atoms with van der Waals surface area (Å²) >= 11 is 5.99. The third-order valence-corrected chi connectivity index (χ3v) is 2.43. The van der Waals surface area contributed by atoms with Crippen LogP contribution in [0.4, 0.5) is 5.69 Å². The Hall–Kier alpha value is -1.74. The molecule has 0 aliphatic carbocycles. The summed E-state index contributed by atoms with van der Waals surface area (Å²) in [7, 11) is 0. The van der Waals surface area contributed by atoms with E-state index in [-0.39, 0.29) is 11.7 Å². The lowest BCUT2D eigenvalue weighted by Gasteiger charge is -2.05. The van der Waals surface area contributed by atoms with Gasteiger partial charge >= 0.3 is 0 Å². The quantitative estimate of drug-likeness (QED) is 0.866. The number of hydrogen-bond acceptors (Lipinski definition) is 2. The van der Waals surface area contributed by atoms with Gasteiger partial charge in [-0.2, -0.15) is 0 Å². The lowest BCUT2D eigenvalue weighted by atomic mass is 10.2. The molecule has 0 atom stereocenters. The molecule has 1 amide bonds. The van der Waals surface area contributed by atoms with Gasteiger partial charge in [-0.1, -0.05) is 17.7 Å². The van der Waals surface area contributed by atoms with Gasteiger partial charge in [0.1, 0.15) is 0 Å². The zero-order valence-electron chi connectivity index (χ0n) is 8.66. The molecule has 1 heterocycles. The maximum Gasteiger partial charge on any atom is 0.291 e. The van der Waals surface area contributed by atoms with Crippen LogP contribution in [0.15, 0.2) is 41.0 Å². The van der Waals surface area contributed by atoms with Gasteiger partial charge in [0.25, 0.3) is 5.91 Å². The molecule has 3 nitrogen and oxygen atoms in total. The van der Waals surface area contributed by atoms with E-state index in [1.54, 1.807) is 24.3 Å². The van der Waals surface area contributed by atoms with Gasteiger partial charge in [0.05, 0.1) is 17.0 Å². The first-order chi connectivity index (χ1) is 7.66. The fraction of sp³-hybridized carbons (Fsp3) is 0.0833. The van der Waals surface area contributed by atoms with Crippen molar-refractivity contribution in [1.29, 1.82) is 0 Å². The number of rotatable bonds is 2. The monoisotopic (exact) mass is 235 g/mol. The van der Waals surface area contributed by atoms with Crippen LogP contribution in [0.3, 0.4) is 0 Å². The van der Waals surface area contributed by atoms with E-state index in [2.05, 4.69) is 5.32 Å². The van der Waals surface area contributed by atoms with Crippen LogP contribution in [0.2, 0.25) is 5.02 Å². The Kier molecular flexibility index (Phi) is 2.97. The van der Waals surface area contributed by atoms with E-state index in [1.807, 2.05) is 13.0 Å². The fourth-order valence-corrected chi connectivity index (χ4v) is 1.60. The van der Waals surface area contributed by atoms with Gasteiger partial charge in [0.2, 0.25) is 0 Å². The minimum absolute atomic E-state index is 0.261. The van der Waals surface area contributed by atoms with Crippen molar-refractivity contribution in [3.05, 3.63) is 52.9 Å². The van der Waals surface area contributed by atoms with Crippen molar-refractivity contribution in [2.24, 2.45) is 0 Å². The van der Waals surface area contributed by atoms with Gasteiger partial charge in [-0.15, -0.1) is 0 Å². The van der Waals surface area contributed by atoms with Gasteiger partial charge in [-0.05, 0) is 36.8 Å². The highest BCUT2D eigenvalue weighted by molar-refractivity contribution is 6.33. The van der Waals surface area contributed by atoms with Gasteiger partial charge in [0.15, 0.2) is 5.76 Å². The van der Waals surface area contributed by atoms with E-state index >= 15 is 0 Å². The van der Waals surface area contributed by atoms with Crippen molar-refractivity contribution in [2.45, 2.75) is 6.92 Å². The highest BCUT2D eigenvalue weighted by Gasteiger charge is 2.10.